The molecular formula is C20H21ClN2O4S. The second-order valence-electron chi connectivity index (χ2n) is 6.38. The van der Waals surface area contributed by atoms with Crippen molar-refractivity contribution in [1.29, 1.82) is 0 Å². The van der Waals surface area contributed by atoms with E-state index in [0.29, 0.717) is 34.4 Å². The van der Waals surface area contributed by atoms with Crippen molar-refractivity contribution < 1.29 is 19.1 Å². The van der Waals surface area contributed by atoms with Gasteiger partial charge in [0.25, 0.3) is 5.91 Å². The number of halogens is 1. The van der Waals surface area contributed by atoms with E-state index < -0.39 is 11.6 Å². The largest absolute Gasteiger partial charge is 0.493 e. The Bertz CT molecular complexity index is 890. The summed E-state index contributed by atoms with van der Waals surface area (Å²) in [5.41, 5.74) is -0.516. The number of urea groups is 1. The van der Waals surface area contributed by atoms with Gasteiger partial charge in [-0.15, -0.1) is 11.8 Å². The fourth-order valence-electron chi connectivity index (χ4n) is 3.03. The van der Waals surface area contributed by atoms with E-state index in [1.54, 1.807) is 44.0 Å². The SMILES string of the molecule is COc1ccc([C@@]2(C)NC(=O)N(CCSc3ccc(Cl)cc3)C2=O)cc1OC. The molecule has 0 spiro atoms. The van der Waals surface area contributed by atoms with Gasteiger partial charge in [0.05, 0.1) is 14.2 Å². The molecule has 1 aliphatic rings. The number of nitrogens with one attached hydrogen (secondary N) is 1. The summed E-state index contributed by atoms with van der Waals surface area (Å²) < 4.78 is 10.6. The van der Waals surface area contributed by atoms with Crippen molar-refractivity contribution in [1.82, 2.24) is 10.2 Å². The number of nitrogens with zero attached hydrogens (tertiary/aromatic N) is 1. The first-order valence-corrected chi connectivity index (χ1v) is 10.0. The molecule has 1 atom stereocenters. The number of thioether (sulfide) groups is 1. The number of benzene rings is 2. The van der Waals surface area contributed by atoms with E-state index in [9.17, 15) is 9.59 Å². The molecule has 1 saturated heterocycles. The summed E-state index contributed by atoms with van der Waals surface area (Å²) in [4.78, 5) is 27.7. The van der Waals surface area contributed by atoms with Crippen LogP contribution in [0.1, 0.15) is 12.5 Å². The Kier molecular flexibility index (Phi) is 6.05. The summed E-state index contributed by atoms with van der Waals surface area (Å²) in [6.45, 7) is 2.00. The summed E-state index contributed by atoms with van der Waals surface area (Å²) in [6, 6.07) is 12.2. The summed E-state index contributed by atoms with van der Waals surface area (Å²) in [6.07, 6.45) is 0. The lowest BCUT2D eigenvalue weighted by molar-refractivity contribution is -0.130. The van der Waals surface area contributed by atoms with Gasteiger partial charge in [-0.25, -0.2) is 4.79 Å². The van der Waals surface area contributed by atoms with Crippen molar-refractivity contribution in [3.63, 3.8) is 0 Å². The van der Waals surface area contributed by atoms with E-state index in [2.05, 4.69) is 5.32 Å². The first-order valence-electron chi connectivity index (χ1n) is 8.64. The molecule has 0 bridgehead atoms. The molecule has 0 saturated carbocycles. The Balaban J connectivity index is 1.72. The Hall–Kier alpha value is -2.38. The van der Waals surface area contributed by atoms with Crippen molar-refractivity contribution in [3.05, 3.63) is 53.1 Å². The Morgan fingerprint density at radius 2 is 1.75 bits per heavy atom. The Labute approximate surface area is 173 Å². The lowest BCUT2D eigenvalue weighted by Gasteiger charge is -2.23. The van der Waals surface area contributed by atoms with Crippen LogP contribution in [0.4, 0.5) is 4.79 Å². The van der Waals surface area contributed by atoms with Crippen LogP contribution in [-0.2, 0) is 10.3 Å². The van der Waals surface area contributed by atoms with Crippen molar-refractivity contribution in [3.8, 4) is 11.5 Å². The first kappa shape index (κ1) is 20.4. The van der Waals surface area contributed by atoms with Gasteiger partial charge in [0, 0.05) is 22.2 Å². The highest BCUT2D eigenvalue weighted by atomic mass is 35.5. The van der Waals surface area contributed by atoms with Crippen molar-refractivity contribution >= 4 is 35.3 Å². The number of hydrogen-bond donors (Lipinski definition) is 1. The minimum absolute atomic E-state index is 0.290. The van der Waals surface area contributed by atoms with E-state index in [1.165, 1.54) is 12.0 Å². The summed E-state index contributed by atoms with van der Waals surface area (Å²) in [7, 11) is 3.07. The van der Waals surface area contributed by atoms with Crippen LogP contribution < -0.4 is 14.8 Å². The third-order valence-electron chi connectivity index (χ3n) is 4.63. The highest BCUT2D eigenvalue weighted by molar-refractivity contribution is 7.99. The number of carbonyl (C=O) groups is 2. The Morgan fingerprint density at radius 3 is 2.39 bits per heavy atom. The van der Waals surface area contributed by atoms with Gasteiger partial charge in [0.2, 0.25) is 0 Å². The fourth-order valence-corrected chi connectivity index (χ4v) is 3.99. The van der Waals surface area contributed by atoms with Crippen LogP contribution in [0.15, 0.2) is 47.4 Å². The van der Waals surface area contributed by atoms with Crippen LogP contribution >= 0.6 is 23.4 Å². The van der Waals surface area contributed by atoms with Crippen molar-refractivity contribution in [2.45, 2.75) is 17.4 Å². The number of hydrogen-bond acceptors (Lipinski definition) is 5. The van der Waals surface area contributed by atoms with Gasteiger partial charge in [-0.1, -0.05) is 17.7 Å². The number of rotatable bonds is 7. The van der Waals surface area contributed by atoms with Crippen molar-refractivity contribution in [2.24, 2.45) is 0 Å². The van der Waals surface area contributed by atoms with Crippen molar-refractivity contribution in [2.75, 3.05) is 26.5 Å². The highest BCUT2D eigenvalue weighted by Crippen LogP contribution is 2.35. The predicted molar refractivity (Wildman–Crippen MR) is 109 cm³/mol. The molecule has 28 heavy (non-hydrogen) atoms. The predicted octanol–water partition coefficient (Wildman–Crippen LogP) is 3.92. The van der Waals surface area contributed by atoms with Gasteiger partial charge in [-0.3, -0.25) is 9.69 Å². The average molecular weight is 421 g/mol. The molecule has 2 aromatic rings. The number of carbonyl (C=O) groups excluding carboxylic acids is 2. The standard InChI is InChI=1S/C20H21ClN2O4S/c1-20(13-4-9-16(26-2)17(12-13)27-3)18(24)23(19(25)22-20)10-11-28-15-7-5-14(21)6-8-15/h4-9,12H,10-11H2,1-3H3,(H,22,25)/t20-/m1/s1. The molecular weight excluding hydrogens is 400 g/mol. The molecule has 148 valence electrons. The number of ether oxygens (including phenoxy) is 2. The minimum atomic E-state index is -1.15. The molecule has 6 nitrogen and oxygen atoms in total. The van der Waals surface area contributed by atoms with Gasteiger partial charge < -0.3 is 14.8 Å². The summed E-state index contributed by atoms with van der Waals surface area (Å²) >= 11 is 7.44. The first-order chi connectivity index (χ1) is 13.4. The third kappa shape index (κ3) is 3.91. The van der Waals surface area contributed by atoms with E-state index in [0.717, 1.165) is 4.90 Å². The van der Waals surface area contributed by atoms with E-state index in [-0.39, 0.29) is 5.91 Å². The molecule has 0 unspecified atom stereocenters. The van der Waals surface area contributed by atoms with Crippen LogP contribution in [0, 0.1) is 0 Å². The molecule has 0 aliphatic carbocycles. The quantitative estimate of drug-likeness (QED) is 0.543. The van der Waals surface area contributed by atoms with Crippen LogP contribution in [0.5, 0.6) is 11.5 Å². The van der Waals surface area contributed by atoms with Crippen LogP contribution in [0.2, 0.25) is 5.02 Å². The summed E-state index contributed by atoms with van der Waals surface area (Å²) in [5.74, 6) is 1.35. The maximum Gasteiger partial charge on any atom is 0.325 e. The maximum atomic E-state index is 13.0. The van der Waals surface area contributed by atoms with Gasteiger partial charge in [0.1, 0.15) is 5.54 Å². The second-order valence-corrected chi connectivity index (χ2v) is 7.99. The molecule has 0 radical (unpaired) electrons. The molecule has 8 heteroatoms. The van der Waals surface area contributed by atoms with Crippen LogP contribution in [-0.4, -0.2) is 43.4 Å². The highest BCUT2D eigenvalue weighted by Gasteiger charge is 2.49. The number of imide groups is 1. The zero-order valence-electron chi connectivity index (χ0n) is 15.8. The minimum Gasteiger partial charge on any atom is -0.493 e. The molecule has 1 heterocycles. The lowest BCUT2D eigenvalue weighted by Crippen LogP contribution is -2.41. The molecule has 2 aromatic carbocycles. The molecule has 3 amide bonds. The normalized spacial score (nSPS) is 18.9. The smallest absolute Gasteiger partial charge is 0.325 e. The lowest BCUT2D eigenvalue weighted by atomic mass is 9.91. The topological polar surface area (TPSA) is 67.9 Å². The Morgan fingerprint density at radius 1 is 1.07 bits per heavy atom. The second kappa shape index (κ2) is 8.32. The molecule has 1 N–H and O–H groups in total. The zero-order chi connectivity index (χ0) is 20.3. The van der Waals surface area contributed by atoms with Crippen LogP contribution in [0.3, 0.4) is 0 Å². The maximum absolute atomic E-state index is 13.0. The van der Waals surface area contributed by atoms with E-state index >= 15 is 0 Å². The molecule has 3 rings (SSSR count). The van der Waals surface area contributed by atoms with Gasteiger partial charge in [-0.2, -0.15) is 0 Å². The number of methoxy groups -OCH3 is 2. The van der Waals surface area contributed by atoms with Gasteiger partial charge >= 0.3 is 6.03 Å². The monoisotopic (exact) mass is 420 g/mol. The third-order valence-corrected chi connectivity index (χ3v) is 5.88. The summed E-state index contributed by atoms with van der Waals surface area (Å²) in [5, 5.41) is 3.48. The van der Waals surface area contributed by atoms with Gasteiger partial charge in [0.15, 0.2) is 11.5 Å². The molecule has 1 aliphatic heterocycles. The average Bonchev–Trinajstić information content (AvgIpc) is 2.92. The number of amides is 3. The molecule has 1 fully saturated rings. The molecule has 0 aromatic heterocycles. The van der Waals surface area contributed by atoms with E-state index in [4.69, 9.17) is 21.1 Å². The fraction of sp³-hybridized carbons (Fsp3) is 0.300. The van der Waals surface area contributed by atoms with Crippen LogP contribution in [0.25, 0.3) is 0 Å². The van der Waals surface area contributed by atoms with E-state index in [1.807, 2.05) is 24.3 Å². The van der Waals surface area contributed by atoms with Gasteiger partial charge in [-0.05, 0) is 48.9 Å². The zero-order valence-corrected chi connectivity index (χ0v) is 17.4.